The van der Waals surface area contributed by atoms with E-state index in [0.29, 0.717) is 17.8 Å². The third kappa shape index (κ3) is 2.45. The highest BCUT2D eigenvalue weighted by atomic mass is 16.4. The van der Waals surface area contributed by atoms with E-state index in [1.165, 1.54) is 5.56 Å². The zero-order valence-corrected chi connectivity index (χ0v) is 11.1. The van der Waals surface area contributed by atoms with E-state index < -0.39 is 0 Å². The van der Waals surface area contributed by atoms with Crippen LogP contribution in [0, 0.1) is 0 Å². The van der Waals surface area contributed by atoms with Crippen molar-refractivity contribution in [1.82, 2.24) is 4.57 Å². The predicted octanol–water partition coefficient (Wildman–Crippen LogP) is 2.81. The molecule has 4 heteroatoms. The third-order valence-corrected chi connectivity index (χ3v) is 3.38. The summed E-state index contributed by atoms with van der Waals surface area (Å²) in [7, 11) is 0. The molecule has 3 rings (SSSR count). The second kappa shape index (κ2) is 5.25. The lowest BCUT2D eigenvalue weighted by Crippen LogP contribution is -2.14. The first-order valence-electron chi connectivity index (χ1n) is 6.67. The summed E-state index contributed by atoms with van der Waals surface area (Å²) in [5.74, 6) is -0.321. The second-order valence-electron chi connectivity index (χ2n) is 4.84. The summed E-state index contributed by atoms with van der Waals surface area (Å²) >= 11 is 0. The van der Waals surface area contributed by atoms with Crippen LogP contribution in [0.25, 0.3) is 11.1 Å². The highest BCUT2D eigenvalue weighted by Gasteiger charge is 2.08. The van der Waals surface area contributed by atoms with E-state index in [1.54, 1.807) is 22.8 Å². The van der Waals surface area contributed by atoms with Gasteiger partial charge in [-0.05, 0) is 36.6 Å². The molecule has 0 saturated heterocycles. The van der Waals surface area contributed by atoms with Crippen molar-refractivity contribution in [3.63, 3.8) is 0 Å². The van der Waals surface area contributed by atoms with Crippen molar-refractivity contribution in [3.05, 3.63) is 64.6 Å². The highest BCUT2D eigenvalue weighted by molar-refractivity contribution is 5.76. The summed E-state index contributed by atoms with van der Waals surface area (Å²) < 4.78 is 6.86. The van der Waals surface area contributed by atoms with Gasteiger partial charge < -0.3 is 10.2 Å². The van der Waals surface area contributed by atoms with E-state index >= 15 is 0 Å². The van der Waals surface area contributed by atoms with Crippen molar-refractivity contribution < 1.29 is 4.42 Å². The zero-order valence-electron chi connectivity index (χ0n) is 11.1. The van der Waals surface area contributed by atoms with Crippen molar-refractivity contribution >= 4 is 16.8 Å². The molecule has 0 fully saturated rings. The number of nitrogens with two attached hydrogens (primary N) is 1. The molecule has 0 spiro atoms. The Kier molecular flexibility index (Phi) is 3.29. The first-order valence-corrected chi connectivity index (χ1v) is 6.67. The average molecular weight is 268 g/mol. The van der Waals surface area contributed by atoms with Crippen LogP contribution in [0.4, 0.5) is 5.69 Å². The van der Waals surface area contributed by atoms with Gasteiger partial charge in [0.25, 0.3) is 0 Å². The Morgan fingerprint density at radius 3 is 2.70 bits per heavy atom. The van der Waals surface area contributed by atoms with E-state index in [0.717, 1.165) is 18.4 Å². The van der Waals surface area contributed by atoms with Gasteiger partial charge in [0, 0.05) is 12.2 Å². The van der Waals surface area contributed by atoms with E-state index in [4.69, 9.17) is 10.2 Å². The zero-order chi connectivity index (χ0) is 13.9. The summed E-state index contributed by atoms with van der Waals surface area (Å²) in [4.78, 5) is 11.8. The van der Waals surface area contributed by atoms with Gasteiger partial charge in [-0.15, -0.1) is 0 Å². The molecule has 2 aromatic carbocycles. The smallest absolute Gasteiger partial charge is 0.408 e. The van der Waals surface area contributed by atoms with Crippen molar-refractivity contribution in [2.45, 2.75) is 19.4 Å². The van der Waals surface area contributed by atoms with Crippen molar-refractivity contribution in [3.8, 4) is 0 Å². The first kappa shape index (κ1) is 12.5. The van der Waals surface area contributed by atoms with Crippen LogP contribution in [0.5, 0.6) is 0 Å². The van der Waals surface area contributed by atoms with Gasteiger partial charge in [0.05, 0.1) is 5.52 Å². The lowest BCUT2D eigenvalue weighted by molar-refractivity contribution is 0.497. The van der Waals surface area contributed by atoms with Crippen LogP contribution in [0.2, 0.25) is 0 Å². The lowest BCUT2D eigenvalue weighted by Gasteiger charge is -2.03. The first-order chi connectivity index (χ1) is 9.74. The Bertz CT molecular complexity index is 772. The van der Waals surface area contributed by atoms with E-state index in [9.17, 15) is 4.79 Å². The van der Waals surface area contributed by atoms with Gasteiger partial charge in [-0.1, -0.05) is 30.3 Å². The molecule has 1 aromatic heterocycles. The molecule has 0 atom stereocenters. The van der Waals surface area contributed by atoms with Crippen LogP contribution in [0.15, 0.2) is 57.7 Å². The van der Waals surface area contributed by atoms with Gasteiger partial charge in [-0.2, -0.15) is 0 Å². The number of hydrogen-bond donors (Lipinski definition) is 1. The molecule has 0 aliphatic carbocycles. The van der Waals surface area contributed by atoms with Crippen molar-refractivity contribution in [2.24, 2.45) is 0 Å². The minimum Gasteiger partial charge on any atom is -0.408 e. The summed E-state index contributed by atoms with van der Waals surface area (Å²) in [6, 6.07) is 15.5. The normalized spacial score (nSPS) is 11.0. The molecule has 0 amide bonds. The lowest BCUT2D eigenvalue weighted by atomic mass is 10.1. The van der Waals surface area contributed by atoms with Crippen LogP contribution >= 0.6 is 0 Å². The minimum atomic E-state index is -0.321. The molecule has 0 aliphatic heterocycles. The number of aryl methyl sites for hydroxylation is 2. The number of nitrogen functional groups attached to an aromatic ring is 1. The van der Waals surface area contributed by atoms with Gasteiger partial charge in [0.15, 0.2) is 5.58 Å². The van der Waals surface area contributed by atoms with Crippen LogP contribution in [-0.2, 0) is 13.0 Å². The molecule has 102 valence electrons. The SMILES string of the molecule is Nc1ccc2oc(=O)n(CCCc3ccccc3)c2c1. The largest absolute Gasteiger partial charge is 0.419 e. The van der Waals surface area contributed by atoms with Crippen LogP contribution in [0.3, 0.4) is 0 Å². The molecular formula is C16H16N2O2. The molecule has 0 radical (unpaired) electrons. The topological polar surface area (TPSA) is 61.2 Å². The maximum Gasteiger partial charge on any atom is 0.419 e. The van der Waals surface area contributed by atoms with E-state index in [1.807, 2.05) is 18.2 Å². The van der Waals surface area contributed by atoms with Gasteiger partial charge in [0.2, 0.25) is 0 Å². The van der Waals surface area contributed by atoms with E-state index in [-0.39, 0.29) is 5.76 Å². The fourth-order valence-corrected chi connectivity index (χ4v) is 2.38. The molecule has 0 saturated carbocycles. The molecule has 1 heterocycles. The van der Waals surface area contributed by atoms with Crippen molar-refractivity contribution in [2.75, 3.05) is 5.73 Å². The predicted molar refractivity (Wildman–Crippen MR) is 79.6 cm³/mol. The van der Waals surface area contributed by atoms with Gasteiger partial charge in [0.1, 0.15) is 0 Å². The molecule has 2 N–H and O–H groups in total. The standard InChI is InChI=1S/C16H16N2O2/c17-13-8-9-15-14(11-13)18(16(19)20-15)10-4-7-12-5-2-1-3-6-12/h1-3,5-6,8-9,11H,4,7,10,17H2. The fourth-order valence-electron chi connectivity index (χ4n) is 2.38. The second-order valence-corrected chi connectivity index (χ2v) is 4.84. The quantitative estimate of drug-likeness (QED) is 0.740. The minimum absolute atomic E-state index is 0.321. The summed E-state index contributed by atoms with van der Waals surface area (Å²) in [6.45, 7) is 0.629. The summed E-state index contributed by atoms with van der Waals surface area (Å²) in [5, 5.41) is 0. The molecule has 0 unspecified atom stereocenters. The van der Waals surface area contributed by atoms with E-state index in [2.05, 4.69) is 12.1 Å². The Morgan fingerprint density at radius 2 is 1.90 bits per heavy atom. The monoisotopic (exact) mass is 268 g/mol. The number of fused-ring (bicyclic) bond motifs is 1. The van der Waals surface area contributed by atoms with Crippen LogP contribution < -0.4 is 11.5 Å². The molecule has 0 aliphatic rings. The number of benzene rings is 2. The number of anilines is 1. The third-order valence-electron chi connectivity index (χ3n) is 3.38. The van der Waals surface area contributed by atoms with Gasteiger partial charge in [-0.3, -0.25) is 4.57 Å². The molecule has 20 heavy (non-hydrogen) atoms. The average Bonchev–Trinajstić information content (AvgIpc) is 2.76. The Hall–Kier alpha value is -2.49. The number of nitrogens with zero attached hydrogens (tertiary/aromatic N) is 1. The van der Waals surface area contributed by atoms with Crippen LogP contribution in [-0.4, -0.2) is 4.57 Å². The maximum atomic E-state index is 11.8. The molecule has 0 bridgehead atoms. The Balaban J connectivity index is 1.79. The van der Waals surface area contributed by atoms with Crippen molar-refractivity contribution in [1.29, 1.82) is 0 Å². The summed E-state index contributed by atoms with van der Waals surface area (Å²) in [5.41, 5.74) is 9.02. The fraction of sp³-hybridized carbons (Fsp3) is 0.188. The van der Waals surface area contributed by atoms with Crippen LogP contribution in [0.1, 0.15) is 12.0 Å². The number of aromatic nitrogens is 1. The maximum absolute atomic E-state index is 11.8. The Labute approximate surface area is 116 Å². The highest BCUT2D eigenvalue weighted by Crippen LogP contribution is 2.17. The number of rotatable bonds is 4. The number of oxazole rings is 1. The molecular weight excluding hydrogens is 252 g/mol. The van der Waals surface area contributed by atoms with Gasteiger partial charge >= 0.3 is 5.76 Å². The summed E-state index contributed by atoms with van der Waals surface area (Å²) in [6.07, 6.45) is 1.82. The number of hydrogen-bond acceptors (Lipinski definition) is 3. The molecule has 3 aromatic rings. The Morgan fingerprint density at radius 1 is 1.10 bits per heavy atom. The molecule has 4 nitrogen and oxygen atoms in total. The van der Waals surface area contributed by atoms with Gasteiger partial charge in [-0.25, -0.2) is 4.79 Å².